The summed E-state index contributed by atoms with van der Waals surface area (Å²) in [6, 6.07) is 15.6. The molecule has 1 aliphatic carbocycles. The molecule has 2 atom stereocenters. The van der Waals surface area contributed by atoms with Gasteiger partial charge in [-0.3, -0.25) is 9.59 Å². The number of ether oxygens (including phenoxy) is 2. The molecule has 0 amide bonds. The summed E-state index contributed by atoms with van der Waals surface area (Å²) in [5, 5.41) is 0. The first-order chi connectivity index (χ1) is 13.0. The average Bonchev–Trinajstić information content (AvgIpc) is 2.68. The SMILES string of the molecule is CCOC(=O)[C@H]1C(=O)C=C(c2ccc(C)cc2)C[C@@H]1c1cccc(OC)c1. The van der Waals surface area contributed by atoms with Crippen molar-refractivity contribution in [1.29, 1.82) is 0 Å². The number of methoxy groups -OCH3 is 1. The van der Waals surface area contributed by atoms with Crippen molar-refractivity contribution in [2.75, 3.05) is 13.7 Å². The van der Waals surface area contributed by atoms with Crippen LogP contribution in [0.15, 0.2) is 54.6 Å². The van der Waals surface area contributed by atoms with E-state index in [4.69, 9.17) is 9.47 Å². The summed E-state index contributed by atoms with van der Waals surface area (Å²) in [5.74, 6) is -1.08. The lowest BCUT2D eigenvalue weighted by Gasteiger charge is -2.29. The number of benzene rings is 2. The number of esters is 1. The van der Waals surface area contributed by atoms with Crippen LogP contribution in [0.3, 0.4) is 0 Å². The summed E-state index contributed by atoms with van der Waals surface area (Å²) < 4.78 is 10.5. The minimum Gasteiger partial charge on any atom is -0.497 e. The summed E-state index contributed by atoms with van der Waals surface area (Å²) in [6.45, 7) is 4.03. The third-order valence-electron chi connectivity index (χ3n) is 4.95. The fraction of sp³-hybridized carbons (Fsp3) is 0.304. The molecule has 0 aromatic heterocycles. The van der Waals surface area contributed by atoms with Gasteiger partial charge in [0, 0.05) is 5.92 Å². The van der Waals surface area contributed by atoms with E-state index >= 15 is 0 Å². The second-order valence-corrected chi connectivity index (χ2v) is 6.75. The van der Waals surface area contributed by atoms with Gasteiger partial charge in [0.25, 0.3) is 0 Å². The third-order valence-corrected chi connectivity index (χ3v) is 4.95. The fourth-order valence-corrected chi connectivity index (χ4v) is 3.54. The third kappa shape index (κ3) is 4.11. The highest BCUT2D eigenvalue weighted by Crippen LogP contribution is 2.41. The van der Waals surface area contributed by atoms with Gasteiger partial charge in [0.2, 0.25) is 0 Å². The van der Waals surface area contributed by atoms with Gasteiger partial charge in [-0.1, -0.05) is 42.0 Å². The van der Waals surface area contributed by atoms with E-state index in [1.807, 2.05) is 55.5 Å². The Labute approximate surface area is 159 Å². The molecule has 140 valence electrons. The van der Waals surface area contributed by atoms with Crippen LogP contribution in [0.2, 0.25) is 0 Å². The van der Waals surface area contributed by atoms with Gasteiger partial charge in [-0.2, -0.15) is 0 Å². The zero-order chi connectivity index (χ0) is 19.4. The van der Waals surface area contributed by atoms with Crippen molar-refractivity contribution in [3.8, 4) is 5.75 Å². The van der Waals surface area contributed by atoms with E-state index in [0.717, 1.165) is 22.3 Å². The van der Waals surface area contributed by atoms with Crippen molar-refractivity contribution in [2.45, 2.75) is 26.2 Å². The first-order valence-corrected chi connectivity index (χ1v) is 9.15. The molecule has 0 fully saturated rings. The molecule has 0 bridgehead atoms. The second-order valence-electron chi connectivity index (χ2n) is 6.75. The lowest BCUT2D eigenvalue weighted by atomic mass is 9.73. The van der Waals surface area contributed by atoms with Crippen molar-refractivity contribution >= 4 is 17.3 Å². The number of rotatable bonds is 5. The quantitative estimate of drug-likeness (QED) is 0.586. The molecule has 0 radical (unpaired) electrons. The first-order valence-electron chi connectivity index (χ1n) is 9.15. The molecule has 0 unspecified atom stereocenters. The van der Waals surface area contributed by atoms with Crippen LogP contribution >= 0.6 is 0 Å². The van der Waals surface area contributed by atoms with Crippen LogP contribution in [0, 0.1) is 12.8 Å². The number of hydrogen-bond acceptors (Lipinski definition) is 4. The molecule has 3 rings (SSSR count). The number of ketones is 1. The summed E-state index contributed by atoms with van der Waals surface area (Å²) in [5.41, 5.74) is 4.01. The Kier molecular flexibility index (Phi) is 5.75. The number of allylic oxidation sites excluding steroid dienone is 2. The van der Waals surface area contributed by atoms with Gasteiger partial charge in [0.05, 0.1) is 13.7 Å². The van der Waals surface area contributed by atoms with E-state index in [-0.39, 0.29) is 18.3 Å². The largest absolute Gasteiger partial charge is 0.497 e. The van der Waals surface area contributed by atoms with Crippen molar-refractivity contribution in [1.82, 2.24) is 0 Å². The number of aryl methyl sites for hydroxylation is 1. The fourth-order valence-electron chi connectivity index (χ4n) is 3.54. The van der Waals surface area contributed by atoms with Crippen LogP contribution in [0.4, 0.5) is 0 Å². The average molecular weight is 364 g/mol. The predicted molar refractivity (Wildman–Crippen MR) is 105 cm³/mol. The van der Waals surface area contributed by atoms with Crippen molar-refractivity contribution < 1.29 is 19.1 Å². The highest BCUT2D eigenvalue weighted by molar-refractivity contribution is 6.10. The zero-order valence-corrected chi connectivity index (χ0v) is 15.9. The van der Waals surface area contributed by atoms with Gasteiger partial charge >= 0.3 is 5.97 Å². The van der Waals surface area contributed by atoms with Gasteiger partial charge < -0.3 is 9.47 Å². The van der Waals surface area contributed by atoms with Crippen LogP contribution in [0.1, 0.15) is 36.0 Å². The van der Waals surface area contributed by atoms with Crippen LogP contribution in [0.5, 0.6) is 5.75 Å². The molecule has 0 saturated heterocycles. The normalized spacial score (nSPS) is 19.4. The molecule has 1 aliphatic rings. The van der Waals surface area contributed by atoms with Gasteiger partial charge in [0.15, 0.2) is 5.78 Å². The molecule has 0 spiro atoms. The summed E-state index contributed by atoms with van der Waals surface area (Å²) in [4.78, 5) is 25.4. The van der Waals surface area contributed by atoms with E-state index in [2.05, 4.69) is 0 Å². The van der Waals surface area contributed by atoms with E-state index in [1.54, 1.807) is 20.1 Å². The molecule has 0 saturated carbocycles. The Hall–Kier alpha value is -2.88. The molecule has 4 heteroatoms. The van der Waals surface area contributed by atoms with Crippen molar-refractivity contribution in [3.63, 3.8) is 0 Å². The summed E-state index contributed by atoms with van der Waals surface area (Å²) in [6.07, 6.45) is 2.19. The molecule has 0 N–H and O–H groups in total. The highest BCUT2D eigenvalue weighted by atomic mass is 16.5. The van der Waals surface area contributed by atoms with Crippen molar-refractivity contribution in [2.24, 2.45) is 5.92 Å². The van der Waals surface area contributed by atoms with Crippen LogP contribution < -0.4 is 4.74 Å². The van der Waals surface area contributed by atoms with Crippen molar-refractivity contribution in [3.05, 3.63) is 71.3 Å². The molecule has 0 heterocycles. The Morgan fingerprint density at radius 1 is 1.15 bits per heavy atom. The lowest BCUT2D eigenvalue weighted by molar-refractivity contribution is -0.151. The summed E-state index contributed by atoms with van der Waals surface area (Å²) in [7, 11) is 1.60. The lowest BCUT2D eigenvalue weighted by Crippen LogP contribution is -2.34. The molecule has 0 aliphatic heterocycles. The Balaban J connectivity index is 2.02. The second kappa shape index (κ2) is 8.21. The first kappa shape index (κ1) is 18.9. The smallest absolute Gasteiger partial charge is 0.317 e. The number of hydrogen-bond donors (Lipinski definition) is 0. The molecule has 2 aromatic carbocycles. The monoisotopic (exact) mass is 364 g/mol. The Bertz CT molecular complexity index is 864. The Morgan fingerprint density at radius 3 is 2.56 bits per heavy atom. The topological polar surface area (TPSA) is 52.6 Å². The maximum atomic E-state index is 12.9. The summed E-state index contributed by atoms with van der Waals surface area (Å²) >= 11 is 0. The molecular weight excluding hydrogens is 340 g/mol. The van der Waals surface area contributed by atoms with Gasteiger partial charge in [-0.05, 0) is 55.2 Å². The van der Waals surface area contributed by atoms with E-state index in [1.165, 1.54) is 0 Å². The maximum Gasteiger partial charge on any atom is 0.317 e. The van der Waals surface area contributed by atoms with Gasteiger partial charge in [-0.15, -0.1) is 0 Å². The van der Waals surface area contributed by atoms with Gasteiger partial charge in [0.1, 0.15) is 11.7 Å². The minimum absolute atomic E-state index is 0.205. The Morgan fingerprint density at radius 2 is 1.89 bits per heavy atom. The number of carbonyl (C=O) groups is 2. The highest BCUT2D eigenvalue weighted by Gasteiger charge is 2.39. The zero-order valence-electron chi connectivity index (χ0n) is 15.9. The van der Waals surface area contributed by atoms with Crippen LogP contribution in [-0.2, 0) is 14.3 Å². The van der Waals surface area contributed by atoms with E-state index in [9.17, 15) is 9.59 Å². The minimum atomic E-state index is -0.828. The van der Waals surface area contributed by atoms with E-state index in [0.29, 0.717) is 12.2 Å². The van der Waals surface area contributed by atoms with Crippen LogP contribution in [0.25, 0.3) is 5.57 Å². The van der Waals surface area contributed by atoms with Gasteiger partial charge in [-0.25, -0.2) is 0 Å². The molecule has 27 heavy (non-hydrogen) atoms. The van der Waals surface area contributed by atoms with E-state index < -0.39 is 11.9 Å². The standard InChI is InChI=1S/C23H24O4/c1-4-27-23(25)22-20(17-6-5-7-19(12-17)26-3)13-18(14-21(22)24)16-10-8-15(2)9-11-16/h5-12,14,20,22H,4,13H2,1-3H3/t20-,22-/m1/s1. The predicted octanol–water partition coefficient (Wildman–Crippen LogP) is 4.32. The molecular formula is C23H24O4. The molecule has 2 aromatic rings. The maximum absolute atomic E-state index is 12.9. The van der Waals surface area contributed by atoms with Crippen LogP contribution in [-0.4, -0.2) is 25.5 Å². The molecule has 4 nitrogen and oxygen atoms in total. The number of carbonyl (C=O) groups excluding carboxylic acids is 2.